The molecule has 1 rings (SSSR count). The molecule has 3 nitrogen and oxygen atoms in total. The zero-order valence-electron chi connectivity index (χ0n) is 8.90. The average molecular weight is 242 g/mol. The molecule has 0 saturated heterocycles. The Balaban J connectivity index is 2.14. The molecule has 16 heavy (non-hydrogen) atoms. The number of hydrogen-bond acceptors (Lipinski definition) is 3. The van der Waals surface area contributed by atoms with Crippen molar-refractivity contribution in [3.05, 3.63) is 30.1 Å². The lowest BCUT2D eigenvalue weighted by Gasteiger charge is -2.01. The van der Waals surface area contributed by atoms with E-state index in [2.05, 4.69) is 5.16 Å². The maximum atomic E-state index is 12.6. The molecule has 1 aromatic rings. The van der Waals surface area contributed by atoms with Gasteiger partial charge in [-0.2, -0.15) is 0 Å². The lowest BCUT2D eigenvalue weighted by Crippen LogP contribution is -2.10. The Labute approximate surface area is 98.5 Å². The van der Waals surface area contributed by atoms with E-state index in [0.29, 0.717) is 6.42 Å². The second kappa shape index (κ2) is 7.11. The lowest BCUT2D eigenvalue weighted by molar-refractivity contribution is 0.316. The van der Waals surface area contributed by atoms with Gasteiger partial charge in [0, 0.05) is 11.3 Å². The summed E-state index contributed by atoms with van der Waals surface area (Å²) in [6.45, 7) is 0. The van der Waals surface area contributed by atoms with Crippen LogP contribution in [-0.2, 0) is 0 Å². The second-order valence-electron chi connectivity index (χ2n) is 3.35. The van der Waals surface area contributed by atoms with E-state index in [0.717, 1.165) is 23.5 Å². The zero-order valence-corrected chi connectivity index (χ0v) is 9.71. The number of oxime groups is 1. The highest BCUT2D eigenvalue weighted by Crippen LogP contribution is 2.19. The summed E-state index contributed by atoms with van der Waals surface area (Å²) in [5.74, 6) is 1.01. The van der Waals surface area contributed by atoms with Crippen LogP contribution >= 0.6 is 11.8 Å². The van der Waals surface area contributed by atoms with Crippen LogP contribution < -0.4 is 5.73 Å². The van der Waals surface area contributed by atoms with Crippen molar-refractivity contribution in [3.8, 4) is 0 Å². The van der Waals surface area contributed by atoms with Gasteiger partial charge in [0.1, 0.15) is 11.7 Å². The minimum atomic E-state index is -0.212. The van der Waals surface area contributed by atoms with E-state index in [4.69, 9.17) is 10.9 Å². The van der Waals surface area contributed by atoms with E-state index in [1.807, 2.05) is 0 Å². The molecular formula is C11H15FN2OS. The molecule has 0 aliphatic carbocycles. The molecule has 0 aliphatic rings. The Morgan fingerprint density at radius 1 is 1.31 bits per heavy atom. The van der Waals surface area contributed by atoms with Gasteiger partial charge in [-0.15, -0.1) is 11.8 Å². The van der Waals surface area contributed by atoms with E-state index in [9.17, 15) is 4.39 Å². The molecule has 0 amide bonds. The maximum Gasteiger partial charge on any atom is 0.139 e. The van der Waals surface area contributed by atoms with Gasteiger partial charge in [0.25, 0.3) is 0 Å². The highest BCUT2D eigenvalue weighted by atomic mass is 32.2. The number of thioether (sulfide) groups is 1. The fraction of sp³-hybridized carbons (Fsp3) is 0.364. The molecule has 1 aromatic carbocycles. The summed E-state index contributed by atoms with van der Waals surface area (Å²) in [5, 5.41) is 11.2. The van der Waals surface area contributed by atoms with E-state index in [-0.39, 0.29) is 11.7 Å². The van der Waals surface area contributed by atoms with Crippen LogP contribution in [0.15, 0.2) is 34.3 Å². The summed E-state index contributed by atoms with van der Waals surface area (Å²) in [6, 6.07) is 6.45. The summed E-state index contributed by atoms with van der Waals surface area (Å²) < 4.78 is 12.6. The number of hydrogen-bond donors (Lipinski definition) is 2. The fourth-order valence-corrected chi connectivity index (χ4v) is 2.09. The Morgan fingerprint density at radius 2 is 2.00 bits per heavy atom. The number of benzene rings is 1. The van der Waals surface area contributed by atoms with Gasteiger partial charge in [-0.25, -0.2) is 4.39 Å². The second-order valence-corrected chi connectivity index (χ2v) is 4.52. The third-order valence-electron chi connectivity index (χ3n) is 2.04. The molecule has 0 unspecified atom stereocenters. The van der Waals surface area contributed by atoms with Crippen LogP contribution in [0.3, 0.4) is 0 Å². The zero-order chi connectivity index (χ0) is 11.8. The van der Waals surface area contributed by atoms with Gasteiger partial charge in [0.15, 0.2) is 0 Å². The van der Waals surface area contributed by atoms with Gasteiger partial charge in [0.05, 0.1) is 0 Å². The smallest absolute Gasteiger partial charge is 0.139 e. The van der Waals surface area contributed by atoms with Gasteiger partial charge >= 0.3 is 0 Å². The first-order chi connectivity index (χ1) is 7.72. The quantitative estimate of drug-likeness (QED) is 0.201. The van der Waals surface area contributed by atoms with Crippen molar-refractivity contribution in [2.75, 3.05) is 5.75 Å². The summed E-state index contributed by atoms with van der Waals surface area (Å²) in [7, 11) is 0. The van der Waals surface area contributed by atoms with E-state index in [1.165, 1.54) is 12.1 Å². The van der Waals surface area contributed by atoms with Crippen molar-refractivity contribution in [3.63, 3.8) is 0 Å². The number of nitrogens with zero attached hydrogens (tertiary/aromatic N) is 1. The normalized spacial score (nSPS) is 11.7. The molecule has 0 heterocycles. The summed E-state index contributed by atoms with van der Waals surface area (Å²) >= 11 is 1.68. The number of rotatable bonds is 6. The molecule has 0 radical (unpaired) electrons. The Hall–Kier alpha value is -1.23. The Morgan fingerprint density at radius 3 is 2.62 bits per heavy atom. The van der Waals surface area contributed by atoms with Crippen LogP contribution in [0, 0.1) is 5.82 Å². The van der Waals surface area contributed by atoms with Crippen molar-refractivity contribution < 1.29 is 9.60 Å². The van der Waals surface area contributed by atoms with Crippen LogP contribution in [0.5, 0.6) is 0 Å². The lowest BCUT2D eigenvalue weighted by atomic mass is 10.2. The molecule has 3 N–H and O–H groups in total. The van der Waals surface area contributed by atoms with Gasteiger partial charge in [-0.05, 0) is 42.9 Å². The summed E-state index contributed by atoms with van der Waals surface area (Å²) in [5.41, 5.74) is 5.33. The highest BCUT2D eigenvalue weighted by Gasteiger charge is 1.97. The van der Waals surface area contributed by atoms with Crippen molar-refractivity contribution in [1.29, 1.82) is 0 Å². The minimum absolute atomic E-state index is 0.212. The molecule has 5 heteroatoms. The monoisotopic (exact) mass is 242 g/mol. The number of nitrogens with two attached hydrogens (primary N) is 1. The van der Waals surface area contributed by atoms with Crippen LogP contribution in [-0.4, -0.2) is 16.8 Å². The van der Waals surface area contributed by atoms with Gasteiger partial charge in [0.2, 0.25) is 0 Å². The third-order valence-corrected chi connectivity index (χ3v) is 3.14. The molecule has 0 aromatic heterocycles. The maximum absolute atomic E-state index is 12.6. The number of amidine groups is 1. The van der Waals surface area contributed by atoms with Crippen LogP contribution in [0.2, 0.25) is 0 Å². The SMILES string of the molecule is N/C(CCCCSc1ccc(F)cc1)=N/O. The molecule has 0 atom stereocenters. The third kappa shape index (κ3) is 5.02. The molecule has 0 spiro atoms. The van der Waals surface area contributed by atoms with Crippen LogP contribution in [0.4, 0.5) is 4.39 Å². The largest absolute Gasteiger partial charge is 0.409 e. The van der Waals surface area contributed by atoms with Gasteiger partial charge in [-0.3, -0.25) is 0 Å². The van der Waals surface area contributed by atoms with Crippen molar-refractivity contribution in [1.82, 2.24) is 0 Å². The minimum Gasteiger partial charge on any atom is -0.409 e. The first-order valence-electron chi connectivity index (χ1n) is 5.07. The molecule has 0 bridgehead atoms. The predicted molar refractivity (Wildman–Crippen MR) is 64.4 cm³/mol. The summed E-state index contributed by atoms with van der Waals surface area (Å²) in [6.07, 6.45) is 2.49. The standard InChI is InChI=1S/C11H15FN2OS/c12-9-4-6-10(7-5-9)16-8-2-1-3-11(13)14-15/h4-7,15H,1-3,8H2,(H2,13,14). The molecule has 0 saturated carbocycles. The molecule has 0 fully saturated rings. The van der Waals surface area contributed by atoms with Gasteiger partial charge in [-0.1, -0.05) is 5.16 Å². The number of unbranched alkanes of at least 4 members (excludes halogenated alkanes) is 1. The number of halogens is 1. The summed E-state index contributed by atoms with van der Waals surface area (Å²) in [4.78, 5) is 1.06. The van der Waals surface area contributed by atoms with Crippen LogP contribution in [0.25, 0.3) is 0 Å². The first kappa shape index (κ1) is 12.8. The Bertz CT molecular complexity index is 340. The molecule has 0 aliphatic heterocycles. The predicted octanol–water partition coefficient (Wildman–Crippen LogP) is 2.83. The first-order valence-corrected chi connectivity index (χ1v) is 6.05. The van der Waals surface area contributed by atoms with Crippen molar-refractivity contribution in [2.24, 2.45) is 10.9 Å². The highest BCUT2D eigenvalue weighted by molar-refractivity contribution is 7.99. The topological polar surface area (TPSA) is 58.6 Å². The van der Waals surface area contributed by atoms with E-state index >= 15 is 0 Å². The molecule has 88 valence electrons. The van der Waals surface area contributed by atoms with Gasteiger partial charge < -0.3 is 10.9 Å². The Kier molecular flexibility index (Phi) is 5.71. The van der Waals surface area contributed by atoms with Crippen molar-refractivity contribution in [2.45, 2.75) is 24.2 Å². The van der Waals surface area contributed by atoms with Crippen LogP contribution in [0.1, 0.15) is 19.3 Å². The molecular weight excluding hydrogens is 227 g/mol. The van der Waals surface area contributed by atoms with E-state index in [1.54, 1.807) is 23.9 Å². The van der Waals surface area contributed by atoms with Crippen molar-refractivity contribution >= 4 is 17.6 Å². The fourth-order valence-electron chi connectivity index (χ4n) is 1.18. The van der Waals surface area contributed by atoms with E-state index < -0.39 is 0 Å². The average Bonchev–Trinajstić information content (AvgIpc) is 2.31.